The van der Waals surface area contributed by atoms with Crippen molar-refractivity contribution in [3.63, 3.8) is 0 Å². The first-order chi connectivity index (χ1) is 7.13. The maximum atomic E-state index is 13.3. The van der Waals surface area contributed by atoms with E-state index in [-0.39, 0.29) is 18.3 Å². The van der Waals surface area contributed by atoms with Gasteiger partial charge in [0.15, 0.2) is 0 Å². The summed E-state index contributed by atoms with van der Waals surface area (Å²) in [6.45, 7) is 3.26. The minimum atomic E-state index is -0.214. The van der Waals surface area contributed by atoms with Gasteiger partial charge in [0.1, 0.15) is 5.82 Å². The first-order valence-corrected chi connectivity index (χ1v) is 5.68. The summed E-state index contributed by atoms with van der Waals surface area (Å²) in [5.74, 6) is -0.0166. The van der Waals surface area contributed by atoms with Crippen molar-refractivity contribution in [1.82, 2.24) is 5.32 Å². The number of hydrogen-bond donors (Lipinski definition) is 2. The van der Waals surface area contributed by atoms with Crippen LogP contribution >= 0.6 is 15.9 Å². The number of nitrogens with one attached hydrogen (secondary N) is 1. The van der Waals surface area contributed by atoms with E-state index in [0.717, 1.165) is 4.47 Å². The van der Waals surface area contributed by atoms with E-state index >= 15 is 0 Å². The van der Waals surface area contributed by atoms with Gasteiger partial charge in [-0.05, 0) is 18.1 Å². The van der Waals surface area contributed by atoms with Crippen molar-refractivity contribution in [2.24, 2.45) is 5.92 Å². The second-order valence-corrected chi connectivity index (χ2v) is 4.57. The number of aliphatic hydroxyl groups is 1. The van der Waals surface area contributed by atoms with Gasteiger partial charge >= 0.3 is 0 Å². The molecular formula is C11H15BrFNO. The molecule has 1 rings (SSSR count). The van der Waals surface area contributed by atoms with E-state index in [0.29, 0.717) is 18.7 Å². The molecule has 0 spiro atoms. The molecule has 0 saturated carbocycles. The third-order valence-electron chi connectivity index (χ3n) is 2.14. The topological polar surface area (TPSA) is 32.3 Å². The average Bonchev–Trinajstić information content (AvgIpc) is 2.21. The van der Waals surface area contributed by atoms with Crippen LogP contribution in [0.25, 0.3) is 0 Å². The van der Waals surface area contributed by atoms with Gasteiger partial charge in [-0.2, -0.15) is 0 Å². The molecule has 0 aromatic heterocycles. The lowest BCUT2D eigenvalue weighted by Gasteiger charge is -2.10. The molecule has 0 saturated heterocycles. The minimum Gasteiger partial charge on any atom is -0.396 e. The van der Waals surface area contributed by atoms with Crippen LogP contribution in [0.5, 0.6) is 0 Å². The maximum Gasteiger partial charge on any atom is 0.128 e. The zero-order valence-corrected chi connectivity index (χ0v) is 10.2. The first kappa shape index (κ1) is 12.6. The van der Waals surface area contributed by atoms with Crippen molar-refractivity contribution < 1.29 is 9.50 Å². The van der Waals surface area contributed by atoms with E-state index in [2.05, 4.69) is 21.2 Å². The predicted molar refractivity (Wildman–Crippen MR) is 62.1 cm³/mol. The van der Waals surface area contributed by atoms with Gasteiger partial charge in [0.25, 0.3) is 0 Å². The molecule has 1 aromatic carbocycles. The normalized spacial score (nSPS) is 12.8. The molecule has 84 valence electrons. The largest absolute Gasteiger partial charge is 0.396 e. The van der Waals surface area contributed by atoms with Crippen LogP contribution in [0.4, 0.5) is 4.39 Å². The van der Waals surface area contributed by atoms with Gasteiger partial charge in [-0.25, -0.2) is 4.39 Å². The van der Waals surface area contributed by atoms with Crippen LogP contribution in [0.1, 0.15) is 12.5 Å². The molecule has 0 amide bonds. The number of halogens is 2. The highest BCUT2D eigenvalue weighted by Crippen LogP contribution is 2.14. The van der Waals surface area contributed by atoms with Crippen LogP contribution in [0, 0.1) is 11.7 Å². The number of hydrogen-bond acceptors (Lipinski definition) is 2. The van der Waals surface area contributed by atoms with Crippen LogP contribution in [-0.2, 0) is 6.54 Å². The summed E-state index contributed by atoms with van der Waals surface area (Å²) in [7, 11) is 0. The standard InChI is InChI=1S/C11H15BrFNO/c1-8(7-15)5-14-6-9-2-3-10(12)4-11(9)13/h2-4,8,14-15H,5-7H2,1H3. The Morgan fingerprint density at radius 3 is 2.87 bits per heavy atom. The maximum absolute atomic E-state index is 13.3. The van der Waals surface area contributed by atoms with Crippen molar-refractivity contribution in [3.8, 4) is 0 Å². The molecule has 1 unspecified atom stereocenters. The van der Waals surface area contributed by atoms with Gasteiger partial charge in [-0.15, -0.1) is 0 Å². The predicted octanol–water partition coefficient (Wildman–Crippen LogP) is 2.31. The second kappa shape index (κ2) is 6.20. The Kier molecular flexibility index (Phi) is 5.22. The Labute approximate surface area is 97.6 Å². The van der Waals surface area contributed by atoms with Crippen LogP contribution in [0.3, 0.4) is 0 Å². The zero-order chi connectivity index (χ0) is 11.3. The minimum absolute atomic E-state index is 0.149. The fourth-order valence-electron chi connectivity index (χ4n) is 1.18. The van der Waals surface area contributed by atoms with Gasteiger partial charge in [0.05, 0.1) is 0 Å². The highest BCUT2D eigenvalue weighted by atomic mass is 79.9. The third-order valence-corrected chi connectivity index (χ3v) is 2.63. The van der Waals surface area contributed by atoms with Crippen molar-refractivity contribution in [2.45, 2.75) is 13.5 Å². The Bertz CT molecular complexity index is 319. The summed E-state index contributed by atoms with van der Waals surface area (Å²) in [6.07, 6.45) is 0. The fourth-order valence-corrected chi connectivity index (χ4v) is 1.52. The van der Waals surface area contributed by atoms with E-state index < -0.39 is 0 Å². The molecule has 0 aliphatic rings. The molecule has 0 fully saturated rings. The number of rotatable bonds is 5. The van der Waals surface area contributed by atoms with E-state index in [9.17, 15) is 4.39 Å². The molecule has 2 nitrogen and oxygen atoms in total. The highest BCUT2D eigenvalue weighted by molar-refractivity contribution is 9.10. The smallest absolute Gasteiger partial charge is 0.128 e. The highest BCUT2D eigenvalue weighted by Gasteiger charge is 2.03. The van der Waals surface area contributed by atoms with Crippen molar-refractivity contribution in [3.05, 3.63) is 34.1 Å². The summed E-state index contributed by atoms with van der Waals surface area (Å²) in [5.41, 5.74) is 0.642. The molecule has 0 aliphatic carbocycles. The summed E-state index contributed by atoms with van der Waals surface area (Å²) in [4.78, 5) is 0. The average molecular weight is 276 g/mol. The van der Waals surface area contributed by atoms with Crippen molar-refractivity contribution in [2.75, 3.05) is 13.2 Å². The number of aliphatic hydroxyl groups excluding tert-OH is 1. The lowest BCUT2D eigenvalue weighted by Crippen LogP contribution is -2.23. The molecule has 0 radical (unpaired) electrons. The fraction of sp³-hybridized carbons (Fsp3) is 0.455. The zero-order valence-electron chi connectivity index (χ0n) is 8.63. The lowest BCUT2D eigenvalue weighted by atomic mass is 10.2. The molecule has 0 aliphatic heterocycles. The summed E-state index contributed by atoms with van der Waals surface area (Å²) < 4.78 is 14.1. The Morgan fingerprint density at radius 2 is 2.27 bits per heavy atom. The monoisotopic (exact) mass is 275 g/mol. The molecular weight excluding hydrogens is 261 g/mol. The van der Waals surface area contributed by atoms with Gasteiger partial charge in [0.2, 0.25) is 0 Å². The molecule has 2 N–H and O–H groups in total. The van der Waals surface area contributed by atoms with Crippen LogP contribution in [0.2, 0.25) is 0 Å². The van der Waals surface area contributed by atoms with Crippen LogP contribution < -0.4 is 5.32 Å². The van der Waals surface area contributed by atoms with Gasteiger partial charge in [-0.3, -0.25) is 0 Å². The number of benzene rings is 1. The second-order valence-electron chi connectivity index (χ2n) is 3.65. The Balaban J connectivity index is 2.44. The summed E-state index contributed by atoms with van der Waals surface area (Å²) in [6, 6.07) is 5.01. The SMILES string of the molecule is CC(CO)CNCc1ccc(Br)cc1F. The lowest BCUT2D eigenvalue weighted by molar-refractivity contribution is 0.233. The third kappa shape index (κ3) is 4.28. The van der Waals surface area contributed by atoms with E-state index in [1.807, 2.05) is 13.0 Å². The molecule has 0 bridgehead atoms. The molecule has 1 atom stereocenters. The Morgan fingerprint density at radius 1 is 1.53 bits per heavy atom. The molecule has 4 heteroatoms. The van der Waals surface area contributed by atoms with E-state index in [4.69, 9.17) is 5.11 Å². The van der Waals surface area contributed by atoms with Gasteiger partial charge in [0, 0.05) is 29.7 Å². The summed E-state index contributed by atoms with van der Waals surface area (Å²) in [5, 5.41) is 11.9. The molecule has 15 heavy (non-hydrogen) atoms. The summed E-state index contributed by atoms with van der Waals surface area (Å²) >= 11 is 3.21. The van der Waals surface area contributed by atoms with Crippen molar-refractivity contribution >= 4 is 15.9 Å². The van der Waals surface area contributed by atoms with Gasteiger partial charge in [-0.1, -0.05) is 28.9 Å². The van der Waals surface area contributed by atoms with Crippen molar-refractivity contribution in [1.29, 1.82) is 0 Å². The first-order valence-electron chi connectivity index (χ1n) is 4.89. The molecule has 0 heterocycles. The van der Waals surface area contributed by atoms with E-state index in [1.54, 1.807) is 6.07 Å². The quantitative estimate of drug-likeness (QED) is 0.865. The van der Waals surface area contributed by atoms with Gasteiger partial charge < -0.3 is 10.4 Å². The van der Waals surface area contributed by atoms with Crippen LogP contribution in [0.15, 0.2) is 22.7 Å². The molecule has 1 aromatic rings. The van der Waals surface area contributed by atoms with E-state index in [1.165, 1.54) is 6.07 Å². The Hall–Kier alpha value is -0.450. The van der Waals surface area contributed by atoms with Crippen LogP contribution in [-0.4, -0.2) is 18.3 Å².